The third-order valence-electron chi connectivity index (χ3n) is 4.03. The highest BCUT2D eigenvalue weighted by Crippen LogP contribution is 2.22. The van der Waals surface area contributed by atoms with Gasteiger partial charge in [-0.2, -0.15) is 5.10 Å². The highest BCUT2D eigenvalue weighted by atomic mass is 35.5. The van der Waals surface area contributed by atoms with Crippen LogP contribution in [0.25, 0.3) is 10.8 Å². The minimum absolute atomic E-state index is 0.101. The first kappa shape index (κ1) is 22.1. The average Bonchev–Trinajstić information content (AvgIpc) is 2.59. The Morgan fingerprint density at radius 1 is 1.29 bits per heavy atom. The van der Waals surface area contributed by atoms with Gasteiger partial charge in [-0.25, -0.2) is 9.48 Å². The molecule has 1 aromatic carbocycles. The monoisotopic (exact) mass is 424 g/mol. The zero-order chi connectivity index (χ0) is 20.7. The number of carboxylic acids is 1. The Kier molecular flexibility index (Phi) is 7.79. The summed E-state index contributed by atoms with van der Waals surface area (Å²) in [5.74, 6) is -1.08. The standard InChI is InChI=1S/C19H25ClN2O5Si/c1-28(2,3)9-8-27-13-22-19(25)16-11-15(20)10-14(17(16)12-21-22)4-6-26-7-5-18(23)24/h5,7,10-12H,4,6,8-9,13H2,1-3H3,(H,23,24)/b7-5+. The average molecular weight is 425 g/mol. The first-order valence-electron chi connectivity index (χ1n) is 8.94. The van der Waals surface area contributed by atoms with Crippen LogP contribution in [-0.4, -0.2) is 42.1 Å². The van der Waals surface area contributed by atoms with Gasteiger partial charge in [0.25, 0.3) is 5.56 Å². The van der Waals surface area contributed by atoms with E-state index in [0.717, 1.165) is 23.9 Å². The lowest BCUT2D eigenvalue weighted by atomic mass is 10.1. The van der Waals surface area contributed by atoms with E-state index in [4.69, 9.17) is 26.2 Å². The molecule has 0 aliphatic carbocycles. The van der Waals surface area contributed by atoms with Gasteiger partial charge < -0.3 is 14.6 Å². The Labute approximate surface area is 169 Å². The Morgan fingerprint density at radius 2 is 2.04 bits per heavy atom. The van der Waals surface area contributed by atoms with Crippen molar-refractivity contribution in [1.29, 1.82) is 0 Å². The van der Waals surface area contributed by atoms with Gasteiger partial charge in [0.2, 0.25) is 0 Å². The van der Waals surface area contributed by atoms with Gasteiger partial charge in [0.15, 0.2) is 0 Å². The molecule has 0 fully saturated rings. The van der Waals surface area contributed by atoms with Crippen LogP contribution in [-0.2, 0) is 27.4 Å². The van der Waals surface area contributed by atoms with Crippen LogP contribution in [0.2, 0.25) is 30.7 Å². The lowest BCUT2D eigenvalue weighted by Gasteiger charge is -2.15. The van der Waals surface area contributed by atoms with Crippen molar-refractivity contribution in [1.82, 2.24) is 9.78 Å². The first-order valence-corrected chi connectivity index (χ1v) is 13.0. The third-order valence-corrected chi connectivity index (χ3v) is 5.95. The smallest absolute Gasteiger partial charge is 0.331 e. The van der Waals surface area contributed by atoms with Crippen LogP contribution in [0.5, 0.6) is 0 Å². The van der Waals surface area contributed by atoms with Crippen molar-refractivity contribution >= 4 is 36.4 Å². The van der Waals surface area contributed by atoms with Crippen LogP contribution in [0.15, 0.2) is 35.5 Å². The second-order valence-corrected chi connectivity index (χ2v) is 13.6. The molecule has 28 heavy (non-hydrogen) atoms. The molecule has 0 spiro atoms. The fourth-order valence-corrected chi connectivity index (χ4v) is 3.49. The van der Waals surface area contributed by atoms with Crippen LogP contribution < -0.4 is 5.56 Å². The molecule has 2 aromatic rings. The van der Waals surface area contributed by atoms with Crippen LogP contribution in [0.4, 0.5) is 0 Å². The predicted molar refractivity (Wildman–Crippen MR) is 112 cm³/mol. The summed E-state index contributed by atoms with van der Waals surface area (Å²) < 4.78 is 12.1. The van der Waals surface area contributed by atoms with Crippen LogP contribution >= 0.6 is 11.6 Å². The summed E-state index contributed by atoms with van der Waals surface area (Å²) in [6.45, 7) is 7.75. The molecule has 0 aliphatic heterocycles. The van der Waals surface area contributed by atoms with E-state index in [1.807, 2.05) is 0 Å². The number of halogens is 1. The maximum Gasteiger partial charge on any atom is 0.331 e. The van der Waals surface area contributed by atoms with E-state index in [-0.39, 0.29) is 18.9 Å². The lowest BCUT2D eigenvalue weighted by Crippen LogP contribution is -2.26. The molecule has 9 heteroatoms. The van der Waals surface area contributed by atoms with E-state index in [0.29, 0.717) is 28.8 Å². The number of aromatic nitrogens is 2. The van der Waals surface area contributed by atoms with E-state index < -0.39 is 14.0 Å². The van der Waals surface area contributed by atoms with E-state index in [1.54, 1.807) is 18.3 Å². The molecule has 2 rings (SSSR count). The number of nitrogens with zero attached hydrogens (tertiary/aromatic N) is 2. The molecule has 152 valence electrons. The second-order valence-electron chi connectivity index (χ2n) is 7.59. The van der Waals surface area contributed by atoms with Gasteiger partial charge in [-0.1, -0.05) is 31.2 Å². The highest BCUT2D eigenvalue weighted by Gasteiger charge is 2.13. The summed E-state index contributed by atoms with van der Waals surface area (Å²) in [6, 6.07) is 4.39. The molecule has 0 unspecified atom stereocenters. The summed E-state index contributed by atoms with van der Waals surface area (Å²) in [5, 5.41) is 14.4. The summed E-state index contributed by atoms with van der Waals surface area (Å²) in [5.41, 5.74) is 0.545. The molecule has 1 aromatic heterocycles. The maximum absolute atomic E-state index is 12.7. The SMILES string of the molecule is C[Si](C)(C)CCOCn1ncc2c(CCO/C=C/C(=O)O)cc(Cl)cc2c1=O. The molecule has 0 saturated carbocycles. The van der Waals surface area contributed by atoms with Crippen molar-refractivity contribution in [2.24, 2.45) is 0 Å². The van der Waals surface area contributed by atoms with Crippen molar-refractivity contribution in [2.45, 2.75) is 38.8 Å². The zero-order valence-electron chi connectivity index (χ0n) is 16.3. The Morgan fingerprint density at radius 3 is 2.71 bits per heavy atom. The fourth-order valence-electron chi connectivity index (χ4n) is 2.49. The van der Waals surface area contributed by atoms with Crippen LogP contribution in [0.3, 0.4) is 0 Å². The number of carboxylic acid groups (broad SMARTS) is 1. The predicted octanol–water partition coefficient (Wildman–Crippen LogP) is 3.52. The van der Waals surface area contributed by atoms with E-state index in [9.17, 15) is 9.59 Å². The van der Waals surface area contributed by atoms with E-state index in [2.05, 4.69) is 24.7 Å². The maximum atomic E-state index is 12.7. The Hall–Kier alpha value is -2.16. The number of rotatable bonds is 10. The second kappa shape index (κ2) is 9.86. The molecule has 0 atom stereocenters. The van der Waals surface area contributed by atoms with Gasteiger partial charge in [-0.05, 0) is 23.7 Å². The molecular formula is C19H25ClN2O5Si. The van der Waals surface area contributed by atoms with Gasteiger partial charge in [0.05, 0.1) is 30.5 Å². The minimum atomic E-state index is -1.19. The molecule has 0 radical (unpaired) electrons. The number of hydrogen-bond acceptors (Lipinski definition) is 5. The first-order chi connectivity index (χ1) is 13.2. The highest BCUT2D eigenvalue weighted by molar-refractivity contribution is 6.76. The lowest BCUT2D eigenvalue weighted by molar-refractivity contribution is -0.131. The van der Waals surface area contributed by atoms with Gasteiger partial charge in [0, 0.05) is 31.5 Å². The summed E-state index contributed by atoms with van der Waals surface area (Å²) in [4.78, 5) is 23.2. The molecule has 0 aliphatic rings. The third kappa shape index (κ3) is 6.77. The van der Waals surface area contributed by atoms with Crippen molar-refractivity contribution in [3.63, 3.8) is 0 Å². The topological polar surface area (TPSA) is 90.7 Å². The largest absolute Gasteiger partial charge is 0.501 e. The van der Waals surface area contributed by atoms with Crippen molar-refractivity contribution in [3.8, 4) is 0 Å². The molecular weight excluding hydrogens is 400 g/mol. The molecule has 0 amide bonds. The number of aliphatic carboxylic acids is 1. The molecule has 1 N–H and O–H groups in total. The van der Waals surface area contributed by atoms with Gasteiger partial charge in [0.1, 0.15) is 6.73 Å². The van der Waals surface area contributed by atoms with E-state index in [1.165, 1.54) is 4.68 Å². The summed E-state index contributed by atoms with van der Waals surface area (Å²) in [6.07, 6.45) is 4.12. The van der Waals surface area contributed by atoms with Crippen molar-refractivity contribution in [2.75, 3.05) is 13.2 Å². The molecule has 7 nitrogen and oxygen atoms in total. The number of benzene rings is 1. The summed E-state index contributed by atoms with van der Waals surface area (Å²) in [7, 11) is -1.19. The number of hydrogen-bond donors (Lipinski definition) is 1. The van der Waals surface area contributed by atoms with Crippen LogP contribution in [0.1, 0.15) is 5.56 Å². The van der Waals surface area contributed by atoms with Gasteiger partial charge in [-0.15, -0.1) is 0 Å². The Balaban J connectivity index is 2.13. The van der Waals surface area contributed by atoms with Crippen molar-refractivity contribution < 1.29 is 19.4 Å². The summed E-state index contributed by atoms with van der Waals surface area (Å²) >= 11 is 6.18. The van der Waals surface area contributed by atoms with Crippen LogP contribution in [0, 0.1) is 0 Å². The normalized spacial score (nSPS) is 12.0. The zero-order valence-corrected chi connectivity index (χ0v) is 18.0. The number of fused-ring (bicyclic) bond motifs is 1. The molecule has 0 bridgehead atoms. The minimum Gasteiger partial charge on any atom is -0.501 e. The number of carbonyl (C=O) groups is 1. The fraction of sp³-hybridized carbons (Fsp3) is 0.421. The molecule has 1 heterocycles. The molecule has 0 saturated heterocycles. The van der Waals surface area contributed by atoms with Gasteiger partial charge >= 0.3 is 5.97 Å². The Bertz CT molecular complexity index is 921. The quantitative estimate of drug-likeness (QED) is 0.271. The number of ether oxygens (including phenoxy) is 2. The van der Waals surface area contributed by atoms with Gasteiger partial charge in [-0.3, -0.25) is 4.79 Å². The van der Waals surface area contributed by atoms with Crippen molar-refractivity contribution in [3.05, 3.63) is 51.6 Å². The van der Waals surface area contributed by atoms with E-state index >= 15 is 0 Å².